The monoisotopic (exact) mass is 492 g/mol. The topological polar surface area (TPSA) is 48.4 Å². The fourth-order valence-corrected chi connectivity index (χ4v) is 6.05. The van der Waals surface area contributed by atoms with Crippen molar-refractivity contribution in [3.8, 4) is 0 Å². The highest BCUT2D eigenvalue weighted by Crippen LogP contribution is 2.31. The van der Waals surface area contributed by atoms with Crippen molar-refractivity contribution < 1.29 is 0 Å². The molecule has 3 heterocycles. The molecule has 1 aliphatic heterocycles. The summed E-state index contributed by atoms with van der Waals surface area (Å²) in [6.45, 7) is 3.20. The zero-order chi connectivity index (χ0) is 25.0. The van der Waals surface area contributed by atoms with Crippen molar-refractivity contribution in [1.29, 1.82) is 0 Å². The van der Waals surface area contributed by atoms with E-state index in [0.717, 1.165) is 40.8 Å². The molecular formula is C31H36N6. The summed E-state index contributed by atoms with van der Waals surface area (Å²) >= 11 is 0. The van der Waals surface area contributed by atoms with E-state index in [9.17, 15) is 0 Å². The van der Waals surface area contributed by atoms with Crippen LogP contribution in [-0.4, -0.2) is 52.1 Å². The van der Waals surface area contributed by atoms with Crippen molar-refractivity contribution in [2.75, 3.05) is 29.9 Å². The Morgan fingerprint density at radius 2 is 1.49 bits per heavy atom. The van der Waals surface area contributed by atoms with E-state index in [1.807, 2.05) is 48.9 Å². The van der Waals surface area contributed by atoms with E-state index in [2.05, 4.69) is 57.1 Å². The summed E-state index contributed by atoms with van der Waals surface area (Å²) in [4.78, 5) is 21.4. The van der Waals surface area contributed by atoms with Gasteiger partial charge in [0.05, 0.1) is 17.2 Å². The summed E-state index contributed by atoms with van der Waals surface area (Å²) in [5, 5.41) is 0. The first-order valence-electron chi connectivity index (χ1n) is 13.7. The molecule has 4 aromatic rings. The molecule has 6 heteroatoms. The Kier molecular flexibility index (Phi) is 7.00. The standard InChI is InChI=1S/C31H36N6/c1-35(26-14-18-32-19-15-26)25-12-10-24(11-13-25)23-37(31-22-33-29-8-4-5-9-30(29)34-31)28-16-20-36(21-17-28)27-6-2-3-7-27/h4-5,8-15,18-19,22,27-28H,2-3,6-7,16-17,20-21,23H2,1H3. The second kappa shape index (κ2) is 10.9. The number of para-hydroxylation sites is 2. The first kappa shape index (κ1) is 23.9. The minimum absolute atomic E-state index is 0.465. The second-order valence-corrected chi connectivity index (χ2v) is 10.5. The molecule has 2 aliphatic rings. The Morgan fingerprint density at radius 1 is 0.811 bits per heavy atom. The number of nitrogens with zero attached hydrogens (tertiary/aromatic N) is 6. The van der Waals surface area contributed by atoms with Gasteiger partial charge in [-0.1, -0.05) is 37.1 Å². The highest BCUT2D eigenvalue weighted by atomic mass is 15.3. The second-order valence-electron chi connectivity index (χ2n) is 10.5. The van der Waals surface area contributed by atoms with Crippen LogP contribution in [0.5, 0.6) is 0 Å². The Hall–Kier alpha value is -3.51. The van der Waals surface area contributed by atoms with Gasteiger partial charge in [0.2, 0.25) is 0 Å². The molecule has 0 bridgehead atoms. The highest BCUT2D eigenvalue weighted by molar-refractivity contribution is 5.75. The van der Waals surface area contributed by atoms with Gasteiger partial charge in [0.25, 0.3) is 0 Å². The quantitative estimate of drug-likeness (QED) is 0.306. The molecule has 0 N–H and O–H groups in total. The molecule has 6 nitrogen and oxygen atoms in total. The predicted molar refractivity (Wildman–Crippen MR) is 151 cm³/mol. The number of pyridine rings is 1. The number of hydrogen-bond donors (Lipinski definition) is 0. The maximum atomic E-state index is 5.06. The Bertz CT molecular complexity index is 1290. The Labute approximate surface area is 220 Å². The summed E-state index contributed by atoms with van der Waals surface area (Å²) in [7, 11) is 2.10. The van der Waals surface area contributed by atoms with Crippen LogP contribution in [0, 0.1) is 0 Å². The van der Waals surface area contributed by atoms with Crippen molar-refractivity contribution >= 4 is 28.2 Å². The average molecular weight is 493 g/mol. The normalized spacial score (nSPS) is 17.3. The van der Waals surface area contributed by atoms with E-state index in [1.54, 1.807) is 0 Å². The van der Waals surface area contributed by atoms with Gasteiger partial charge in [-0.3, -0.25) is 9.97 Å². The molecule has 0 unspecified atom stereocenters. The molecule has 2 aromatic heterocycles. The fourth-order valence-electron chi connectivity index (χ4n) is 6.05. The molecule has 0 amide bonds. The molecule has 1 aliphatic carbocycles. The summed E-state index contributed by atoms with van der Waals surface area (Å²) in [5.41, 5.74) is 5.50. The highest BCUT2D eigenvalue weighted by Gasteiger charge is 2.30. The first-order valence-corrected chi connectivity index (χ1v) is 13.7. The lowest BCUT2D eigenvalue weighted by molar-refractivity contribution is 0.152. The van der Waals surface area contributed by atoms with Crippen molar-refractivity contribution in [2.45, 2.75) is 57.2 Å². The molecule has 37 heavy (non-hydrogen) atoms. The Morgan fingerprint density at radius 3 is 2.22 bits per heavy atom. The molecule has 6 rings (SSSR count). The van der Waals surface area contributed by atoms with Crippen LogP contribution in [0.3, 0.4) is 0 Å². The zero-order valence-electron chi connectivity index (χ0n) is 21.7. The van der Waals surface area contributed by atoms with E-state index < -0.39 is 0 Å². The molecule has 1 saturated heterocycles. The number of benzene rings is 2. The van der Waals surface area contributed by atoms with Crippen LogP contribution in [-0.2, 0) is 6.54 Å². The minimum Gasteiger partial charge on any atom is -0.348 e. The summed E-state index contributed by atoms with van der Waals surface area (Å²) < 4.78 is 0. The SMILES string of the molecule is CN(c1ccncc1)c1ccc(CN(c2cnc3ccccc3n2)C2CCN(C3CCCC3)CC2)cc1. The third-order valence-electron chi connectivity index (χ3n) is 8.24. The molecule has 0 spiro atoms. The van der Waals surface area contributed by atoms with Crippen LogP contribution in [0.2, 0.25) is 0 Å². The Balaban J connectivity index is 1.23. The van der Waals surface area contributed by atoms with Gasteiger partial charge in [0.15, 0.2) is 0 Å². The van der Waals surface area contributed by atoms with Gasteiger partial charge in [0, 0.05) is 62.5 Å². The minimum atomic E-state index is 0.465. The number of hydrogen-bond acceptors (Lipinski definition) is 6. The summed E-state index contributed by atoms with van der Waals surface area (Å²) in [5.74, 6) is 0.982. The number of aromatic nitrogens is 3. The maximum absolute atomic E-state index is 5.06. The maximum Gasteiger partial charge on any atom is 0.148 e. The van der Waals surface area contributed by atoms with Crippen LogP contribution in [0.15, 0.2) is 79.3 Å². The smallest absolute Gasteiger partial charge is 0.148 e. The third-order valence-corrected chi connectivity index (χ3v) is 8.24. The molecule has 2 fully saturated rings. The molecule has 190 valence electrons. The third kappa shape index (κ3) is 5.30. The van der Waals surface area contributed by atoms with Crippen LogP contribution in [0.25, 0.3) is 11.0 Å². The van der Waals surface area contributed by atoms with Crippen molar-refractivity contribution in [1.82, 2.24) is 19.9 Å². The molecule has 1 saturated carbocycles. The fraction of sp³-hybridized carbons (Fsp3) is 0.387. The van der Waals surface area contributed by atoms with Crippen molar-refractivity contribution in [3.05, 3.63) is 84.8 Å². The van der Waals surface area contributed by atoms with Crippen LogP contribution in [0.4, 0.5) is 17.2 Å². The van der Waals surface area contributed by atoms with E-state index in [-0.39, 0.29) is 0 Å². The van der Waals surface area contributed by atoms with Gasteiger partial charge in [-0.15, -0.1) is 0 Å². The van der Waals surface area contributed by atoms with Crippen LogP contribution < -0.4 is 9.80 Å². The van der Waals surface area contributed by atoms with Crippen molar-refractivity contribution in [3.63, 3.8) is 0 Å². The number of likely N-dealkylation sites (tertiary alicyclic amines) is 1. The van der Waals surface area contributed by atoms with Crippen LogP contribution in [0.1, 0.15) is 44.1 Å². The van der Waals surface area contributed by atoms with E-state index in [4.69, 9.17) is 9.97 Å². The average Bonchev–Trinajstić information content (AvgIpc) is 3.51. The molecule has 2 aromatic carbocycles. The summed E-state index contributed by atoms with van der Waals surface area (Å²) in [6, 6.07) is 22.4. The first-order chi connectivity index (χ1) is 18.2. The number of anilines is 3. The van der Waals surface area contributed by atoms with E-state index in [1.165, 1.54) is 57.2 Å². The molecular weight excluding hydrogens is 456 g/mol. The van der Waals surface area contributed by atoms with Gasteiger partial charge >= 0.3 is 0 Å². The molecule has 0 radical (unpaired) electrons. The van der Waals surface area contributed by atoms with Gasteiger partial charge < -0.3 is 14.7 Å². The van der Waals surface area contributed by atoms with Gasteiger partial charge in [-0.25, -0.2) is 4.98 Å². The lowest BCUT2D eigenvalue weighted by Crippen LogP contribution is -2.47. The summed E-state index contributed by atoms with van der Waals surface area (Å²) in [6.07, 6.45) is 13.5. The van der Waals surface area contributed by atoms with Gasteiger partial charge in [0.1, 0.15) is 5.82 Å². The zero-order valence-corrected chi connectivity index (χ0v) is 21.7. The molecule has 0 atom stereocenters. The lowest BCUT2D eigenvalue weighted by Gasteiger charge is -2.41. The van der Waals surface area contributed by atoms with Gasteiger partial charge in [-0.2, -0.15) is 0 Å². The van der Waals surface area contributed by atoms with E-state index in [0.29, 0.717) is 6.04 Å². The predicted octanol–water partition coefficient (Wildman–Crippen LogP) is 6.21. The lowest BCUT2D eigenvalue weighted by atomic mass is 10.00. The van der Waals surface area contributed by atoms with E-state index >= 15 is 0 Å². The number of rotatable bonds is 7. The number of fused-ring (bicyclic) bond motifs is 1. The largest absolute Gasteiger partial charge is 0.348 e. The van der Waals surface area contributed by atoms with Crippen molar-refractivity contribution in [2.24, 2.45) is 0 Å². The van der Waals surface area contributed by atoms with Crippen LogP contribution >= 0.6 is 0 Å². The number of piperidine rings is 1. The van der Waals surface area contributed by atoms with Gasteiger partial charge in [-0.05, 0) is 67.6 Å².